The lowest BCUT2D eigenvalue weighted by Crippen LogP contribution is -2.16. The zero-order valence-corrected chi connectivity index (χ0v) is 10.00. The Kier molecular flexibility index (Phi) is 4.94. The summed E-state index contributed by atoms with van der Waals surface area (Å²) in [7, 11) is 0. The number of anilines is 1. The van der Waals surface area contributed by atoms with Gasteiger partial charge in [0.2, 0.25) is 0 Å². The number of primary amides is 1. The van der Waals surface area contributed by atoms with Crippen LogP contribution in [0, 0.1) is 0 Å². The maximum Gasteiger partial charge on any atom is 0.416 e. The fourth-order valence-electron chi connectivity index (χ4n) is 1.43. The summed E-state index contributed by atoms with van der Waals surface area (Å²) < 4.78 is 37.6. The van der Waals surface area contributed by atoms with Crippen LogP contribution in [0.2, 0.25) is 0 Å². The summed E-state index contributed by atoms with van der Waals surface area (Å²) in [5.74, 6) is -0.920. The van der Waals surface area contributed by atoms with Gasteiger partial charge in [-0.05, 0) is 18.2 Å². The van der Waals surface area contributed by atoms with Gasteiger partial charge in [0, 0.05) is 18.8 Å². The first kappa shape index (κ1) is 15.0. The smallest absolute Gasteiger partial charge is 0.381 e. The van der Waals surface area contributed by atoms with Crippen LogP contribution in [0.5, 0.6) is 0 Å². The van der Waals surface area contributed by atoms with E-state index >= 15 is 0 Å². The van der Waals surface area contributed by atoms with E-state index in [0.29, 0.717) is 13.1 Å². The SMILES string of the molecule is NC/C=C/CNc1ccc(C(F)(F)F)cc1C(N)=O. The second-order valence-corrected chi connectivity index (χ2v) is 3.71. The molecule has 0 spiro atoms. The fourth-order valence-corrected chi connectivity index (χ4v) is 1.43. The van der Waals surface area contributed by atoms with Crippen molar-refractivity contribution < 1.29 is 18.0 Å². The highest BCUT2D eigenvalue weighted by atomic mass is 19.4. The predicted octanol–water partition coefficient (Wildman–Crippen LogP) is 1.73. The molecule has 0 atom stereocenters. The number of benzene rings is 1. The van der Waals surface area contributed by atoms with Crippen molar-refractivity contribution in [2.75, 3.05) is 18.4 Å². The molecule has 0 aliphatic carbocycles. The number of rotatable bonds is 5. The minimum atomic E-state index is -4.51. The molecule has 104 valence electrons. The summed E-state index contributed by atoms with van der Waals surface area (Å²) in [4.78, 5) is 11.2. The Balaban J connectivity index is 2.99. The first-order chi connectivity index (χ1) is 8.86. The Labute approximate surface area is 108 Å². The Morgan fingerprint density at radius 1 is 1.32 bits per heavy atom. The lowest BCUT2D eigenvalue weighted by molar-refractivity contribution is -0.137. The molecule has 0 unspecified atom stereocenters. The molecular formula is C12H14F3N3O. The van der Waals surface area contributed by atoms with E-state index in [2.05, 4.69) is 5.32 Å². The molecule has 0 bridgehead atoms. The van der Waals surface area contributed by atoms with Crippen LogP contribution in [0.25, 0.3) is 0 Å². The fraction of sp³-hybridized carbons (Fsp3) is 0.250. The zero-order valence-electron chi connectivity index (χ0n) is 10.00. The second kappa shape index (κ2) is 6.24. The van der Waals surface area contributed by atoms with Crippen molar-refractivity contribution in [3.63, 3.8) is 0 Å². The number of carbonyl (C=O) groups is 1. The Hall–Kier alpha value is -2.02. The van der Waals surface area contributed by atoms with Crippen LogP contribution in [0.4, 0.5) is 18.9 Å². The van der Waals surface area contributed by atoms with Gasteiger partial charge < -0.3 is 16.8 Å². The monoisotopic (exact) mass is 273 g/mol. The molecule has 0 aromatic heterocycles. The van der Waals surface area contributed by atoms with Crippen LogP contribution in [0.3, 0.4) is 0 Å². The summed E-state index contributed by atoms with van der Waals surface area (Å²) in [6.07, 6.45) is -1.13. The molecule has 4 nitrogen and oxygen atoms in total. The normalized spacial score (nSPS) is 11.8. The minimum Gasteiger partial charge on any atom is -0.381 e. The molecule has 0 aliphatic heterocycles. The summed E-state index contributed by atoms with van der Waals surface area (Å²) in [5, 5.41) is 2.80. The quantitative estimate of drug-likeness (QED) is 0.715. The van der Waals surface area contributed by atoms with Crippen LogP contribution >= 0.6 is 0 Å². The van der Waals surface area contributed by atoms with Gasteiger partial charge in [-0.25, -0.2) is 0 Å². The largest absolute Gasteiger partial charge is 0.416 e. The van der Waals surface area contributed by atoms with Crippen LogP contribution in [0.1, 0.15) is 15.9 Å². The van der Waals surface area contributed by atoms with Gasteiger partial charge in [-0.2, -0.15) is 13.2 Å². The lowest BCUT2D eigenvalue weighted by Gasteiger charge is -2.12. The number of nitrogens with two attached hydrogens (primary N) is 2. The number of carbonyl (C=O) groups excluding carboxylic acids is 1. The maximum absolute atomic E-state index is 12.5. The molecule has 1 amide bonds. The van der Waals surface area contributed by atoms with Crippen LogP contribution in [0.15, 0.2) is 30.4 Å². The Bertz CT molecular complexity index is 484. The van der Waals surface area contributed by atoms with Gasteiger partial charge in [0.15, 0.2) is 0 Å². The molecule has 5 N–H and O–H groups in total. The second-order valence-electron chi connectivity index (χ2n) is 3.71. The van der Waals surface area contributed by atoms with Crippen molar-refractivity contribution in [3.05, 3.63) is 41.5 Å². The summed E-state index contributed by atoms with van der Waals surface area (Å²) >= 11 is 0. The third kappa shape index (κ3) is 4.29. The highest BCUT2D eigenvalue weighted by Crippen LogP contribution is 2.31. The number of halogens is 3. The molecule has 0 saturated heterocycles. The molecule has 19 heavy (non-hydrogen) atoms. The maximum atomic E-state index is 12.5. The molecular weight excluding hydrogens is 259 g/mol. The first-order valence-electron chi connectivity index (χ1n) is 5.46. The predicted molar refractivity (Wildman–Crippen MR) is 66.6 cm³/mol. The standard InChI is InChI=1S/C12H14F3N3O/c13-12(14,15)8-3-4-10(9(7-8)11(17)19)18-6-2-1-5-16/h1-4,7,18H,5-6,16H2,(H2,17,19)/b2-1+. The van der Waals surface area contributed by atoms with E-state index in [-0.39, 0.29) is 11.3 Å². The van der Waals surface area contributed by atoms with E-state index in [9.17, 15) is 18.0 Å². The highest BCUT2D eigenvalue weighted by Gasteiger charge is 2.31. The molecule has 7 heteroatoms. The molecule has 0 radical (unpaired) electrons. The third-order valence-electron chi connectivity index (χ3n) is 2.33. The average Bonchev–Trinajstić information content (AvgIpc) is 2.33. The summed E-state index contributed by atoms with van der Waals surface area (Å²) in [5.41, 5.74) is 9.45. The van der Waals surface area contributed by atoms with Crippen molar-refractivity contribution in [1.29, 1.82) is 0 Å². The molecule has 0 heterocycles. The summed E-state index contributed by atoms with van der Waals surface area (Å²) in [6, 6.07) is 2.80. The van der Waals surface area contributed by atoms with E-state index in [1.807, 2.05) is 0 Å². The molecule has 1 aromatic carbocycles. The molecule has 1 rings (SSSR count). The number of hydrogen-bond acceptors (Lipinski definition) is 3. The van der Waals surface area contributed by atoms with Crippen molar-refractivity contribution in [3.8, 4) is 0 Å². The molecule has 0 fully saturated rings. The number of amides is 1. The number of alkyl halides is 3. The van der Waals surface area contributed by atoms with E-state index in [4.69, 9.17) is 11.5 Å². The van der Waals surface area contributed by atoms with Gasteiger partial charge in [0.25, 0.3) is 5.91 Å². The van der Waals surface area contributed by atoms with Crippen molar-refractivity contribution in [2.24, 2.45) is 11.5 Å². The number of nitrogens with one attached hydrogen (secondary N) is 1. The topological polar surface area (TPSA) is 81.1 Å². The highest BCUT2D eigenvalue weighted by molar-refractivity contribution is 5.98. The van der Waals surface area contributed by atoms with Gasteiger partial charge in [-0.3, -0.25) is 4.79 Å². The third-order valence-corrected chi connectivity index (χ3v) is 2.33. The van der Waals surface area contributed by atoms with Crippen molar-refractivity contribution >= 4 is 11.6 Å². The van der Waals surface area contributed by atoms with Gasteiger partial charge in [0.05, 0.1) is 11.1 Å². The Morgan fingerprint density at radius 2 is 2.00 bits per heavy atom. The Morgan fingerprint density at radius 3 is 2.53 bits per heavy atom. The van der Waals surface area contributed by atoms with Crippen LogP contribution < -0.4 is 16.8 Å². The molecule has 0 aliphatic rings. The van der Waals surface area contributed by atoms with E-state index < -0.39 is 17.6 Å². The van der Waals surface area contributed by atoms with E-state index in [1.165, 1.54) is 6.07 Å². The van der Waals surface area contributed by atoms with Crippen LogP contribution in [-0.4, -0.2) is 19.0 Å². The van der Waals surface area contributed by atoms with E-state index in [0.717, 1.165) is 12.1 Å². The van der Waals surface area contributed by atoms with Gasteiger partial charge >= 0.3 is 6.18 Å². The summed E-state index contributed by atoms with van der Waals surface area (Å²) in [6.45, 7) is 0.695. The van der Waals surface area contributed by atoms with Crippen molar-refractivity contribution in [2.45, 2.75) is 6.18 Å². The lowest BCUT2D eigenvalue weighted by atomic mass is 10.1. The van der Waals surface area contributed by atoms with Crippen molar-refractivity contribution in [1.82, 2.24) is 0 Å². The van der Waals surface area contributed by atoms with Gasteiger partial charge in [-0.15, -0.1) is 0 Å². The van der Waals surface area contributed by atoms with Gasteiger partial charge in [-0.1, -0.05) is 12.2 Å². The van der Waals surface area contributed by atoms with E-state index in [1.54, 1.807) is 12.2 Å². The van der Waals surface area contributed by atoms with Gasteiger partial charge in [0.1, 0.15) is 0 Å². The van der Waals surface area contributed by atoms with Crippen LogP contribution in [-0.2, 0) is 6.18 Å². The first-order valence-corrected chi connectivity index (χ1v) is 5.46. The zero-order chi connectivity index (χ0) is 14.5. The molecule has 0 saturated carbocycles. The minimum absolute atomic E-state index is 0.198. The number of hydrogen-bond donors (Lipinski definition) is 3. The molecule has 1 aromatic rings. The average molecular weight is 273 g/mol.